The number of rotatable bonds is 9. The highest BCUT2D eigenvalue weighted by atomic mass is 127. The molecule has 1 fully saturated rings. The largest absolute Gasteiger partial charge is 0.496 e. The van der Waals surface area contributed by atoms with Gasteiger partial charge in [0.05, 0.1) is 25.1 Å². The number of aryl methyl sites for hydroxylation is 1. The molecule has 10 nitrogen and oxygen atoms in total. The molecule has 0 unspecified atom stereocenters. The van der Waals surface area contributed by atoms with Crippen molar-refractivity contribution in [3.8, 4) is 10.8 Å². The Hall–Kier alpha value is -2.97. The lowest BCUT2D eigenvalue weighted by molar-refractivity contribution is -0.140. The summed E-state index contributed by atoms with van der Waals surface area (Å²) in [6, 6.07) is 7.64. The van der Waals surface area contributed by atoms with Gasteiger partial charge in [0.15, 0.2) is 0 Å². The van der Waals surface area contributed by atoms with Gasteiger partial charge in [0.1, 0.15) is 27.2 Å². The Morgan fingerprint density at radius 2 is 1.88 bits per heavy atom. The van der Waals surface area contributed by atoms with Crippen molar-refractivity contribution in [2.45, 2.75) is 78.2 Å². The maximum absolute atomic E-state index is 14.6. The zero-order valence-electron chi connectivity index (χ0n) is 25.4. The van der Waals surface area contributed by atoms with E-state index in [1.165, 1.54) is 11.3 Å². The van der Waals surface area contributed by atoms with E-state index >= 15 is 0 Å². The molecule has 1 amide bonds. The van der Waals surface area contributed by atoms with Gasteiger partial charge in [-0.1, -0.05) is 11.3 Å². The predicted octanol–water partition coefficient (Wildman–Crippen LogP) is 5.25. The number of methoxy groups -OCH3 is 1. The van der Waals surface area contributed by atoms with Crippen LogP contribution in [0.25, 0.3) is 15.2 Å². The van der Waals surface area contributed by atoms with Crippen LogP contribution in [0.5, 0.6) is 5.75 Å². The number of hydrogen-bond donors (Lipinski definition) is 0. The fraction of sp³-hybridized carbons (Fsp3) is 0.484. The molecule has 1 atom stereocenters. The van der Waals surface area contributed by atoms with E-state index in [1.807, 2.05) is 51.2 Å². The first-order valence-electron chi connectivity index (χ1n) is 14.5. The Labute approximate surface area is 268 Å². The number of amides is 1. The zero-order valence-corrected chi connectivity index (χ0v) is 28.4. The number of aromatic nitrogens is 4. The van der Waals surface area contributed by atoms with Crippen LogP contribution < -0.4 is 16.0 Å². The second-order valence-corrected chi connectivity index (χ2v) is 13.9. The molecule has 4 heterocycles. The highest BCUT2D eigenvalue weighted by molar-refractivity contribution is 14.1. The summed E-state index contributed by atoms with van der Waals surface area (Å²) in [7, 11) is 1.61. The molecule has 1 aliphatic heterocycles. The summed E-state index contributed by atoms with van der Waals surface area (Å²) >= 11 is 3.57. The number of nitrogens with zero attached hydrogens (tertiary/aromatic N) is 5. The van der Waals surface area contributed by atoms with E-state index in [2.05, 4.69) is 27.7 Å². The van der Waals surface area contributed by atoms with Gasteiger partial charge in [0.2, 0.25) is 5.91 Å². The molecule has 5 rings (SSSR count). The smallest absolute Gasteiger partial charge is 0.333 e. The summed E-state index contributed by atoms with van der Waals surface area (Å²) < 4.78 is 17.6. The number of benzene rings is 1. The highest BCUT2D eigenvalue weighted by Crippen LogP contribution is 2.35. The summed E-state index contributed by atoms with van der Waals surface area (Å²) in [6.07, 6.45) is 5.62. The molecule has 1 aliphatic rings. The van der Waals surface area contributed by atoms with Gasteiger partial charge in [-0.05, 0) is 101 Å². The van der Waals surface area contributed by atoms with Gasteiger partial charge < -0.3 is 14.4 Å². The van der Waals surface area contributed by atoms with Crippen molar-refractivity contribution >= 4 is 50.1 Å². The fourth-order valence-electron chi connectivity index (χ4n) is 5.84. The second kappa shape index (κ2) is 12.6. The Kier molecular flexibility index (Phi) is 9.19. The standard InChI is InChI=1S/C31H38IN5O5S/c1-19(2)42-24(22-17-21(32)11-12-23(22)41-6)18-35-28-25(20(3)27(43-28)36-16-10-13-33-36)26(38)37(30(35)40)31(4,5)29(39)34-14-8-7-9-15-34/h10-13,16-17,19,24H,7-9,14-15,18H2,1-6H3/t24-/m0/s1. The van der Waals surface area contributed by atoms with E-state index < -0.39 is 22.9 Å². The molecule has 1 aromatic carbocycles. The van der Waals surface area contributed by atoms with Crippen molar-refractivity contribution in [3.05, 3.63) is 72.2 Å². The number of carbonyl (C=O) groups excluding carboxylic acids is 1. The van der Waals surface area contributed by atoms with Gasteiger partial charge in [-0.2, -0.15) is 5.10 Å². The summed E-state index contributed by atoms with van der Waals surface area (Å²) in [4.78, 5) is 45.1. The summed E-state index contributed by atoms with van der Waals surface area (Å²) in [5, 5.41) is 5.52. The predicted molar refractivity (Wildman–Crippen MR) is 177 cm³/mol. The van der Waals surface area contributed by atoms with Crippen LogP contribution in [-0.2, 0) is 21.6 Å². The quantitative estimate of drug-likeness (QED) is 0.220. The van der Waals surface area contributed by atoms with E-state index in [4.69, 9.17) is 9.47 Å². The van der Waals surface area contributed by atoms with Crippen LogP contribution in [0.1, 0.15) is 64.2 Å². The minimum Gasteiger partial charge on any atom is -0.496 e. The monoisotopic (exact) mass is 719 g/mol. The first-order valence-corrected chi connectivity index (χ1v) is 16.4. The molecule has 0 bridgehead atoms. The highest BCUT2D eigenvalue weighted by Gasteiger charge is 2.39. The van der Waals surface area contributed by atoms with Gasteiger partial charge in [0.25, 0.3) is 5.56 Å². The molecule has 0 saturated carbocycles. The van der Waals surface area contributed by atoms with Gasteiger partial charge in [-0.15, -0.1) is 0 Å². The Balaban J connectivity index is 1.77. The average molecular weight is 720 g/mol. The average Bonchev–Trinajstić information content (AvgIpc) is 3.62. The number of piperidine rings is 1. The van der Waals surface area contributed by atoms with Crippen molar-refractivity contribution in [3.63, 3.8) is 0 Å². The van der Waals surface area contributed by atoms with Crippen molar-refractivity contribution in [1.29, 1.82) is 0 Å². The fourth-order valence-corrected chi connectivity index (χ4v) is 7.60. The van der Waals surface area contributed by atoms with E-state index in [-0.39, 0.29) is 18.6 Å². The van der Waals surface area contributed by atoms with Crippen LogP contribution in [0.3, 0.4) is 0 Å². The molecule has 3 aromatic heterocycles. The number of hydrogen-bond acceptors (Lipinski definition) is 7. The molecule has 0 aliphatic carbocycles. The van der Waals surface area contributed by atoms with Crippen molar-refractivity contribution in [2.24, 2.45) is 0 Å². The molecular formula is C31H38IN5O5S. The third-order valence-electron chi connectivity index (χ3n) is 7.95. The number of carbonyl (C=O) groups is 1. The zero-order chi connectivity index (χ0) is 31.1. The van der Waals surface area contributed by atoms with Crippen LogP contribution in [0, 0.1) is 10.5 Å². The van der Waals surface area contributed by atoms with E-state index in [0.29, 0.717) is 34.6 Å². The summed E-state index contributed by atoms with van der Waals surface area (Å²) in [6.45, 7) is 10.4. The third-order valence-corrected chi connectivity index (χ3v) is 9.92. The minimum atomic E-state index is -1.41. The SMILES string of the molecule is COc1ccc(I)cc1[C@H](Cn1c(=O)n(C(C)(C)C(=O)N2CCCCC2)c(=O)c2c(C)c(-n3cccn3)sc21)OC(C)C. The van der Waals surface area contributed by atoms with Gasteiger partial charge in [-0.25, -0.2) is 14.0 Å². The van der Waals surface area contributed by atoms with Gasteiger partial charge >= 0.3 is 5.69 Å². The lowest BCUT2D eigenvalue weighted by Gasteiger charge is -2.35. The molecule has 0 spiro atoms. The van der Waals surface area contributed by atoms with E-state index in [1.54, 1.807) is 41.3 Å². The van der Waals surface area contributed by atoms with Gasteiger partial charge in [0, 0.05) is 40.2 Å². The topological polar surface area (TPSA) is 101 Å². The Morgan fingerprint density at radius 3 is 2.51 bits per heavy atom. The van der Waals surface area contributed by atoms with Crippen molar-refractivity contribution in [2.75, 3.05) is 20.2 Å². The molecule has 0 N–H and O–H groups in total. The molecule has 0 radical (unpaired) electrons. The van der Waals surface area contributed by atoms with Crippen LogP contribution in [0.4, 0.5) is 0 Å². The molecular weight excluding hydrogens is 681 g/mol. The summed E-state index contributed by atoms with van der Waals surface area (Å²) in [5.74, 6) is 0.413. The molecule has 1 saturated heterocycles. The lowest BCUT2D eigenvalue weighted by atomic mass is 10.00. The van der Waals surface area contributed by atoms with Crippen LogP contribution in [0.15, 0.2) is 46.2 Å². The number of fused-ring (bicyclic) bond motifs is 1. The molecule has 4 aromatic rings. The van der Waals surface area contributed by atoms with Crippen LogP contribution in [0.2, 0.25) is 0 Å². The Morgan fingerprint density at radius 1 is 1.16 bits per heavy atom. The number of halogens is 1. The lowest BCUT2D eigenvalue weighted by Crippen LogP contribution is -2.57. The normalized spacial score (nSPS) is 14.9. The first kappa shape index (κ1) is 31.5. The number of likely N-dealkylation sites (tertiary alicyclic amines) is 1. The summed E-state index contributed by atoms with van der Waals surface area (Å²) in [5.41, 5.74) is -0.943. The number of thiophene rings is 1. The van der Waals surface area contributed by atoms with E-state index in [9.17, 15) is 14.4 Å². The molecule has 230 valence electrons. The van der Waals surface area contributed by atoms with Crippen molar-refractivity contribution in [1.82, 2.24) is 23.8 Å². The van der Waals surface area contributed by atoms with Crippen LogP contribution in [-0.4, -0.2) is 56.0 Å². The van der Waals surface area contributed by atoms with E-state index in [0.717, 1.165) is 38.0 Å². The minimum absolute atomic E-state index is 0.108. The second-order valence-electron chi connectivity index (χ2n) is 11.7. The maximum Gasteiger partial charge on any atom is 0.333 e. The van der Waals surface area contributed by atoms with Crippen LogP contribution >= 0.6 is 33.9 Å². The molecule has 43 heavy (non-hydrogen) atoms. The van der Waals surface area contributed by atoms with Gasteiger partial charge in [-0.3, -0.25) is 14.2 Å². The Bertz CT molecular complexity index is 1750. The third kappa shape index (κ3) is 5.93. The first-order chi connectivity index (χ1) is 20.4. The van der Waals surface area contributed by atoms with Crippen molar-refractivity contribution < 1.29 is 14.3 Å². The molecule has 12 heteroatoms. The number of ether oxygens (including phenoxy) is 2. The maximum atomic E-state index is 14.6.